The molecule has 18 heavy (non-hydrogen) atoms. The number of nitrogens with one attached hydrogen (secondary N) is 1. The van der Waals surface area contributed by atoms with Crippen molar-refractivity contribution in [3.8, 4) is 22.8 Å². The van der Waals surface area contributed by atoms with Crippen LogP contribution in [0.25, 0.3) is 11.3 Å². The summed E-state index contributed by atoms with van der Waals surface area (Å²) in [6.07, 6.45) is 2.84. The summed E-state index contributed by atoms with van der Waals surface area (Å²) in [6.45, 7) is 4.14. The lowest BCUT2D eigenvalue weighted by molar-refractivity contribution is 0.208. The van der Waals surface area contributed by atoms with Crippen LogP contribution < -0.4 is 9.47 Å². The van der Waals surface area contributed by atoms with Gasteiger partial charge in [0.25, 0.3) is 0 Å². The summed E-state index contributed by atoms with van der Waals surface area (Å²) in [5.74, 6) is 1.50. The van der Waals surface area contributed by atoms with E-state index in [-0.39, 0.29) is 6.10 Å². The molecule has 4 heteroatoms. The van der Waals surface area contributed by atoms with Gasteiger partial charge in [-0.2, -0.15) is 5.10 Å². The smallest absolute Gasteiger partial charge is 0.170 e. The third-order valence-electron chi connectivity index (χ3n) is 2.88. The molecule has 1 aromatic carbocycles. The van der Waals surface area contributed by atoms with Crippen LogP contribution in [0.4, 0.5) is 0 Å². The second-order valence-corrected chi connectivity index (χ2v) is 4.14. The summed E-state index contributed by atoms with van der Waals surface area (Å²) in [5.41, 5.74) is 1.87. The molecule has 2 rings (SSSR count). The summed E-state index contributed by atoms with van der Waals surface area (Å²) in [5, 5.41) is 6.90. The average Bonchev–Trinajstić information content (AvgIpc) is 2.92. The Bertz CT molecular complexity index is 495. The van der Waals surface area contributed by atoms with Crippen LogP contribution in [0.3, 0.4) is 0 Å². The molecule has 1 atom stereocenters. The summed E-state index contributed by atoms with van der Waals surface area (Å²) in [4.78, 5) is 0. The van der Waals surface area contributed by atoms with E-state index in [1.165, 1.54) is 0 Å². The largest absolute Gasteiger partial charge is 0.492 e. The number of H-pyrrole nitrogens is 1. The van der Waals surface area contributed by atoms with E-state index in [4.69, 9.17) is 9.47 Å². The molecule has 0 saturated heterocycles. The Morgan fingerprint density at radius 3 is 2.78 bits per heavy atom. The predicted molar refractivity (Wildman–Crippen MR) is 71.0 cm³/mol. The second kappa shape index (κ2) is 5.58. The second-order valence-electron chi connectivity index (χ2n) is 4.14. The van der Waals surface area contributed by atoms with Crippen LogP contribution in [-0.4, -0.2) is 23.4 Å². The third kappa shape index (κ3) is 2.47. The quantitative estimate of drug-likeness (QED) is 0.880. The van der Waals surface area contributed by atoms with E-state index in [1.54, 1.807) is 13.3 Å². The third-order valence-corrected chi connectivity index (χ3v) is 2.88. The number of aromatic nitrogens is 2. The van der Waals surface area contributed by atoms with Crippen molar-refractivity contribution in [2.24, 2.45) is 0 Å². The first-order valence-electron chi connectivity index (χ1n) is 6.09. The van der Waals surface area contributed by atoms with Crippen molar-refractivity contribution in [2.45, 2.75) is 26.4 Å². The van der Waals surface area contributed by atoms with E-state index in [0.29, 0.717) is 0 Å². The van der Waals surface area contributed by atoms with Gasteiger partial charge < -0.3 is 9.47 Å². The fraction of sp³-hybridized carbons (Fsp3) is 0.357. The molecule has 2 aromatic rings. The first-order valence-corrected chi connectivity index (χ1v) is 6.09. The van der Waals surface area contributed by atoms with Crippen LogP contribution in [0.2, 0.25) is 0 Å². The van der Waals surface area contributed by atoms with Crippen LogP contribution in [0.1, 0.15) is 20.3 Å². The van der Waals surface area contributed by atoms with Gasteiger partial charge in [-0.15, -0.1) is 0 Å². The Labute approximate surface area is 107 Å². The standard InChI is InChI=1S/C14H18N2O2/c1-4-10(2)18-13-7-5-6-11(14(13)17-3)12-8-9-15-16-12/h5-10H,4H2,1-3H3,(H,15,16). The lowest BCUT2D eigenvalue weighted by Gasteiger charge is -2.17. The zero-order valence-corrected chi connectivity index (χ0v) is 10.9. The molecule has 0 aliphatic heterocycles. The van der Waals surface area contributed by atoms with Crippen LogP contribution >= 0.6 is 0 Å². The number of para-hydroxylation sites is 1. The van der Waals surface area contributed by atoms with Gasteiger partial charge in [-0.1, -0.05) is 13.0 Å². The fourth-order valence-electron chi connectivity index (χ4n) is 1.74. The van der Waals surface area contributed by atoms with Gasteiger partial charge in [0.1, 0.15) is 0 Å². The number of hydrogen-bond acceptors (Lipinski definition) is 3. The maximum absolute atomic E-state index is 5.86. The Morgan fingerprint density at radius 1 is 1.33 bits per heavy atom. The minimum Gasteiger partial charge on any atom is -0.492 e. The number of methoxy groups -OCH3 is 1. The zero-order valence-electron chi connectivity index (χ0n) is 10.9. The van der Waals surface area contributed by atoms with E-state index in [1.807, 2.05) is 31.2 Å². The van der Waals surface area contributed by atoms with Gasteiger partial charge in [-0.25, -0.2) is 0 Å². The molecule has 1 heterocycles. The van der Waals surface area contributed by atoms with Crippen molar-refractivity contribution in [1.82, 2.24) is 10.2 Å². The first-order chi connectivity index (χ1) is 8.76. The van der Waals surface area contributed by atoms with Gasteiger partial charge in [0.2, 0.25) is 0 Å². The maximum Gasteiger partial charge on any atom is 0.170 e. The van der Waals surface area contributed by atoms with Gasteiger partial charge in [0, 0.05) is 11.8 Å². The molecular formula is C14H18N2O2. The minimum absolute atomic E-state index is 0.163. The first kappa shape index (κ1) is 12.5. The Kier molecular flexibility index (Phi) is 3.87. The number of nitrogens with zero attached hydrogens (tertiary/aromatic N) is 1. The number of rotatable bonds is 5. The summed E-state index contributed by atoms with van der Waals surface area (Å²) in [7, 11) is 1.65. The van der Waals surface area contributed by atoms with Crippen molar-refractivity contribution < 1.29 is 9.47 Å². The van der Waals surface area contributed by atoms with Gasteiger partial charge in [-0.05, 0) is 31.5 Å². The molecule has 0 fully saturated rings. The predicted octanol–water partition coefficient (Wildman–Crippen LogP) is 3.26. The Hall–Kier alpha value is -1.97. The molecule has 0 spiro atoms. The highest BCUT2D eigenvalue weighted by Gasteiger charge is 2.14. The van der Waals surface area contributed by atoms with E-state index in [0.717, 1.165) is 29.2 Å². The molecule has 0 bridgehead atoms. The van der Waals surface area contributed by atoms with Crippen molar-refractivity contribution in [3.05, 3.63) is 30.5 Å². The lowest BCUT2D eigenvalue weighted by atomic mass is 10.1. The van der Waals surface area contributed by atoms with Crippen molar-refractivity contribution in [1.29, 1.82) is 0 Å². The SMILES string of the molecule is CCC(C)Oc1cccc(-c2ccn[nH]2)c1OC. The van der Waals surface area contributed by atoms with E-state index in [9.17, 15) is 0 Å². The molecule has 0 saturated carbocycles. The summed E-state index contributed by atoms with van der Waals surface area (Å²) >= 11 is 0. The zero-order chi connectivity index (χ0) is 13.0. The van der Waals surface area contributed by atoms with Crippen LogP contribution in [-0.2, 0) is 0 Å². The highest BCUT2D eigenvalue weighted by Crippen LogP contribution is 2.37. The number of ether oxygens (including phenoxy) is 2. The summed E-state index contributed by atoms with van der Waals surface area (Å²) in [6, 6.07) is 7.77. The molecule has 0 amide bonds. The van der Waals surface area contributed by atoms with Crippen LogP contribution in [0.5, 0.6) is 11.5 Å². The molecule has 96 valence electrons. The maximum atomic E-state index is 5.86. The van der Waals surface area contributed by atoms with Crippen LogP contribution in [0, 0.1) is 0 Å². The van der Waals surface area contributed by atoms with E-state index >= 15 is 0 Å². The normalized spacial score (nSPS) is 12.2. The molecule has 0 aliphatic rings. The molecule has 1 unspecified atom stereocenters. The van der Waals surface area contributed by atoms with Gasteiger partial charge in [0.05, 0.1) is 18.9 Å². The molecule has 4 nitrogen and oxygen atoms in total. The molecule has 1 N–H and O–H groups in total. The van der Waals surface area contributed by atoms with Gasteiger partial charge >= 0.3 is 0 Å². The van der Waals surface area contributed by atoms with Gasteiger partial charge in [0.15, 0.2) is 11.5 Å². The monoisotopic (exact) mass is 246 g/mol. The van der Waals surface area contributed by atoms with Crippen molar-refractivity contribution in [3.63, 3.8) is 0 Å². The molecule has 1 aromatic heterocycles. The average molecular weight is 246 g/mol. The lowest BCUT2D eigenvalue weighted by Crippen LogP contribution is -2.10. The highest BCUT2D eigenvalue weighted by molar-refractivity contribution is 5.70. The minimum atomic E-state index is 0.163. The Balaban J connectivity index is 2.40. The molecule has 0 aliphatic carbocycles. The van der Waals surface area contributed by atoms with E-state index in [2.05, 4.69) is 17.1 Å². The number of benzene rings is 1. The van der Waals surface area contributed by atoms with Crippen LogP contribution in [0.15, 0.2) is 30.5 Å². The van der Waals surface area contributed by atoms with Gasteiger partial charge in [-0.3, -0.25) is 5.10 Å². The van der Waals surface area contributed by atoms with Crippen molar-refractivity contribution in [2.75, 3.05) is 7.11 Å². The fourth-order valence-corrected chi connectivity index (χ4v) is 1.74. The highest BCUT2D eigenvalue weighted by atomic mass is 16.5. The van der Waals surface area contributed by atoms with E-state index < -0.39 is 0 Å². The number of aromatic amines is 1. The Morgan fingerprint density at radius 2 is 2.17 bits per heavy atom. The topological polar surface area (TPSA) is 47.1 Å². The van der Waals surface area contributed by atoms with Crippen molar-refractivity contribution >= 4 is 0 Å². The summed E-state index contributed by atoms with van der Waals surface area (Å²) < 4.78 is 11.3. The number of hydrogen-bond donors (Lipinski definition) is 1. The molecular weight excluding hydrogens is 228 g/mol. The molecule has 0 radical (unpaired) electrons.